The normalized spacial score (nSPS) is 23.5. The highest BCUT2D eigenvalue weighted by molar-refractivity contribution is 5.21. The van der Waals surface area contributed by atoms with Gasteiger partial charge in [0.25, 0.3) is 0 Å². The fourth-order valence-electron chi connectivity index (χ4n) is 3.76. The van der Waals surface area contributed by atoms with Crippen molar-refractivity contribution in [1.29, 1.82) is 0 Å². The summed E-state index contributed by atoms with van der Waals surface area (Å²) in [6.07, 6.45) is 9.69. The number of piperidine rings is 1. The maximum Gasteiger partial charge on any atom is 0.117 e. The highest BCUT2D eigenvalue weighted by Gasteiger charge is 2.25. The van der Waals surface area contributed by atoms with Crippen LogP contribution >= 0.6 is 0 Å². The zero-order chi connectivity index (χ0) is 14.8. The molecule has 0 spiro atoms. The first-order valence-electron chi connectivity index (χ1n) is 8.39. The molecular formula is C17H24N4O. The number of hydrogen-bond acceptors (Lipinski definition) is 4. The molecule has 2 aliphatic rings. The van der Waals surface area contributed by atoms with E-state index in [9.17, 15) is 0 Å². The molecule has 2 aromatic heterocycles. The van der Waals surface area contributed by atoms with E-state index in [4.69, 9.17) is 4.42 Å². The minimum absolute atomic E-state index is 0.606. The minimum atomic E-state index is 0.606. The molecule has 2 N–H and O–H groups in total. The van der Waals surface area contributed by atoms with Crippen LogP contribution in [0, 0.1) is 0 Å². The lowest BCUT2D eigenvalue weighted by Crippen LogP contribution is -2.47. The zero-order valence-electron chi connectivity index (χ0n) is 12.9. The summed E-state index contributed by atoms with van der Waals surface area (Å²) in [5.74, 6) is 1.07. The van der Waals surface area contributed by atoms with E-state index < -0.39 is 0 Å². The fourth-order valence-corrected chi connectivity index (χ4v) is 3.76. The van der Waals surface area contributed by atoms with Gasteiger partial charge in [-0.25, -0.2) is 0 Å². The van der Waals surface area contributed by atoms with Crippen LogP contribution in [0.2, 0.25) is 0 Å². The maximum absolute atomic E-state index is 5.44. The summed E-state index contributed by atoms with van der Waals surface area (Å²) >= 11 is 0. The molecule has 22 heavy (non-hydrogen) atoms. The molecule has 118 valence electrons. The molecule has 0 aromatic carbocycles. The fraction of sp³-hybridized carbons (Fsp3) is 0.588. The second-order valence-electron chi connectivity index (χ2n) is 6.61. The van der Waals surface area contributed by atoms with E-state index in [1.165, 1.54) is 30.5 Å². The van der Waals surface area contributed by atoms with Crippen molar-refractivity contribution in [2.45, 2.75) is 50.7 Å². The van der Waals surface area contributed by atoms with E-state index in [1.807, 2.05) is 12.3 Å². The molecule has 1 saturated heterocycles. The third kappa shape index (κ3) is 3.10. The summed E-state index contributed by atoms with van der Waals surface area (Å²) in [7, 11) is 0. The van der Waals surface area contributed by atoms with Crippen molar-refractivity contribution in [3.05, 3.63) is 41.6 Å². The van der Waals surface area contributed by atoms with E-state index >= 15 is 0 Å². The molecule has 3 heterocycles. The molecule has 1 aliphatic heterocycles. The Labute approximate surface area is 131 Å². The topological polar surface area (TPSA) is 57.1 Å². The van der Waals surface area contributed by atoms with Gasteiger partial charge in [0.15, 0.2) is 0 Å². The number of rotatable bonds is 4. The van der Waals surface area contributed by atoms with E-state index in [-0.39, 0.29) is 0 Å². The van der Waals surface area contributed by atoms with E-state index in [1.54, 1.807) is 6.26 Å². The van der Waals surface area contributed by atoms with Crippen molar-refractivity contribution >= 4 is 0 Å². The van der Waals surface area contributed by atoms with Crippen LogP contribution in [0.4, 0.5) is 0 Å². The van der Waals surface area contributed by atoms with Gasteiger partial charge in [0.1, 0.15) is 5.76 Å². The molecule has 0 unspecified atom stereocenters. The number of H-pyrrole nitrogens is 1. The Morgan fingerprint density at radius 1 is 1.27 bits per heavy atom. The first-order chi connectivity index (χ1) is 10.9. The largest absolute Gasteiger partial charge is 0.468 e. The summed E-state index contributed by atoms with van der Waals surface area (Å²) in [5.41, 5.74) is 2.74. The Morgan fingerprint density at radius 3 is 3.00 bits per heavy atom. The van der Waals surface area contributed by atoms with Crippen LogP contribution in [-0.2, 0) is 19.4 Å². The summed E-state index contributed by atoms with van der Waals surface area (Å²) < 4.78 is 5.44. The summed E-state index contributed by atoms with van der Waals surface area (Å²) in [6, 6.07) is 5.29. The van der Waals surface area contributed by atoms with Gasteiger partial charge < -0.3 is 9.73 Å². The van der Waals surface area contributed by atoms with Gasteiger partial charge in [0.2, 0.25) is 0 Å². The molecule has 0 bridgehead atoms. The van der Waals surface area contributed by atoms with Crippen molar-refractivity contribution in [1.82, 2.24) is 20.4 Å². The summed E-state index contributed by atoms with van der Waals surface area (Å²) in [4.78, 5) is 2.49. The number of hydrogen-bond donors (Lipinski definition) is 2. The van der Waals surface area contributed by atoms with E-state index in [0.717, 1.165) is 38.2 Å². The van der Waals surface area contributed by atoms with Crippen LogP contribution in [0.15, 0.2) is 29.0 Å². The number of fused-ring (bicyclic) bond motifs is 1. The highest BCUT2D eigenvalue weighted by atomic mass is 16.3. The molecule has 2 aromatic rings. The predicted octanol–water partition coefficient (Wildman–Crippen LogP) is 2.11. The van der Waals surface area contributed by atoms with Crippen molar-refractivity contribution < 1.29 is 4.42 Å². The average molecular weight is 300 g/mol. The van der Waals surface area contributed by atoms with Gasteiger partial charge in [-0.3, -0.25) is 10.00 Å². The molecule has 0 amide bonds. The van der Waals surface area contributed by atoms with Crippen molar-refractivity contribution in [3.8, 4) is 0 Å². The zero-order valence-corrected chi connectivity index (χ0v) is 12.9. The van der Waals surface area contributed by atoms with Crippen LogP contribution < -0.4 is 5.32 Å². The Hall–Kier alpha value is -1.59. The minimum Gasteiger partial charge on any atom is -0.468 e. The number of nitrogens with zero attached hydrogens (tertiary/aromatic N) is 2. The first-order valence-corrected chi connectivity index (χ1v) is 8.39. The van der Waals surface area contributed by atoms with Gasteiger partial charge in [-0.15, -0.1) is 0 Å². The quantitative estimate of drug-likeness (QED) is 0.908. The molecule has 4 rings (SSSR count). The highest BCUT2D eigenvalue weighted by Crippen LogP contribution is 2.21. The Bertz CT molecular complexity index is 584. The Balaban J connectivity index is 1.24. The first kappa shape index (κ1) is 14.0. The van der Waals surface area contributed by atoms with Gasteiger partial charge in [0, 0.05) is 37.3 Å². The molecule has 0 saturated carbocycles. The predicted molar refractivity (Wildman–Crippen MR) is 84.5 cm³/mol. The molecule has 5 heteroatoms. The smallest absolute Gasteiger partial charge is 0.117 e. The monoisotopic (exact) mass is 300 g/mol. The van der Waals surface area contributed by atoms with Crippen molar-refractivity contribution in [2.24, 2.45) is 0 Å². The number of likely N-dealkylation sites (tertiary alicyclic amines) is 1. The SMILES string of the molecule is c1coc(CN2CCC(N[C@@H]3CCc4cn[nH]c4C3)CC2)c1. The second kappa shape index (κ2) is 6.26. The molecular weight excluding hydrogens is 276 g/mol. The molecule has 1 fully saturated rings. The third-order valence-electron chi connectivity index (χ3n) is 5.04. The van der Waals surface area contributed by atoms with Crippen LogP contribution in [0.1, 0.15) is 36.3 Å². The lowest BCUT2D eigenvalue weighted by Gasteiger charge is -2.35. The Kier molecular flexibility index (Phi) is 3.99. The Morgan fingerprint density at radius 2 is 2.18 bits per heavy atom. The van der Waals surface area contributed by atoms with Crippen molar-refractivity contribution in [3.63, 3.8) is 0 Å². The maximum atomic E-state index is 5.44. The van der Waals surface area contributed by atoms with Gasteiger partial charge in [-0.1, -0.05) is 0 Å². The molecule has 5 nitrogen and oxygen atoms in total. The van der Waals surface area contributed by atoms with E-state index in [2.05, 4.69) is 26.5 Å². The van der Waals surface area contributed by atoms with Gasteiger partial charge in [0.05, 0.1) is 19.0 Å². The summed E-state index contributed by atoms with van der Waals surface area (Å²) in [6.45, 7) is 3.25. The molecule has 1 aliphatic carbocycles. The van der Waals surface area contributed by atoms with Gasteiger partial charge in [-0.2, -0.15) is 5.10 Å². The summed E-state index contributed by atoms with van der Waals surface area (Å²) in [5, 5.41) is 11.2. The number of aromatic amines is 1. The lowest BCUT2D eigenvalue weighted by atomic mass is 9.92. The van der Waals surface area contributed by atoms with Crippen LogP contribution in [0.3, 0.4) is 0 Å². The number of aryl methyl sites for hydroxylation is 1. The van der Waals surface area contributed by atoms with Crippen molar-refractivity contribution in [2.75, 3.05) is 13.1 Å². The number of nitrogens with one attached hydrogen (secondary N) is 2. The van der Waals surface area contributed by atoms with Crippen LogP contribution in [-0.4, -0.2) is 40.3 Å². The average Bonchev–Trinajstić information content (AvgIpc) is 3.20. The molecule has 1 atom stereocenters. The van der Waals surface area contributed by atoms with E-state index in [0.29, 0.717) is 12.1 Å². The van der Waals surface area contributed by atoms with Crippen LogP contribution in [0.25, 0.3) is 0 Å². The molecule has 0 radical (unpaired) electrons. The number of aromatic nitrogens is 2. The lowest BCUT2D eigenvalue weighted by molar-refractivity contribution is 0.171. The third-order valence-corrected chi connectivity index (χ3v) is 5.04. The van der Waals surface area contributed by atoms with Gasteiger partial charge in [-0.05, 0) is 43.4 Å². The standard InChI is InChI=1S/C17H24N4O/c1-2-16(22-9-1)12-21-7-5-14(6-8-21)19-15-4-3-13-11-18-20-17(13)10-15/h1-2,9,11,14-15,19H,3-8,10,12H2,(H,18,20)/t15-/m1/s1. The second-order valence-corrected chi connectivity index (χ2v) is 6.61. The number of furan rings is 1. The van der Waals surface area contributed by atoms with Crippen LogP contribution in [0.5, 0.6) is 0 Å². The van der Waals surface area contributed by atoms with Gasteiger partial charge >= 0.3 is 0 Å².